The van der Waals surface area contributed by atoms with E-state index in [4.69, 9.17) is 0 Å². The van der Waals surface area contributed by atoms with E-state index < -0.39 is 40.6 Å². The van der Waals surface area contributed by atoms with E-state index in [1.54, 1.807) is 17.5 Å². The highest BCUT2D eigenvalue weighted by molar-refractivity contribution is 7.16. The summed E-state index contributed by atoms with van der Waals surface area (Å²) in [5, 5.41) is 5.39. The summed E-state index contributed by atoms with van der Waals surface area (Å²) in [6.07, 6.45) is 0. The molecule has 124 valence electrons. The molecule has 0 bridgehead atoms. The predicted molar refractivity (Wildman–Crippen MR) is 79.6 cm³/mol. The zero-order valence-corrected chi connectivity index (χ0v) is 13.0. The molecule has 0 unspecified atom stereocenters. The molecule has 1 N–H and O–H groups in total. The highest BCUT2D eigenvalue weighted by Gasteiger charge is 2.30. The molecule has 1 amide bonds. The van der Waals surface area contributed by atoms with E-state index in [0.29, 0.717) is 5.69 Å². The number of aromatic nitrogens is 1. The maximum atomic E-state index is 13.6. The van der Waals surface area contributed by atoms with Crippen molar-refractivity contribution in [2.75, 3.05) is 5.32 Å². The standard InChI is InChI=1S/C14H5F5N2OS2/c15-8-7(9(16)11(18)12(19)10(8)17)13(22)21-14-20-5(4-24-14)6-2-1-3-23-6/h1-4H,(H,20,21,22). The van der Waals surface area contributed by atoms with Crippen LogP contribution in [0.15, 0.2) is 22.9 Å². The molecule has 0 radical (unpaired) electrons. The van der Waals surface area contributed by atoms with Crippen molar-refractivity contribution in [1.29, 1.82) is 0 Å². The van der Waals surface area contributed by atoms with Crippen molar-refractivity contribution in [3.8, 4) is 10.6 Å². The Hall–Kier alpha value is -2.33. The molecule has 3 nitrogen and oxygen atoms in total. The Balaban J connectivity index is 1.91. The van der Waals surface area contributed by atoms with Crippen LogP contribution in [0.25, 0.3) is 10.6 Å². The third-order valence-corrected chi connectivity index (χ3v) is 4.59. The maximum Gasteiger partial charge on any atom is 0.263 e. The lowest BCUT2D eigenvalue weighted by Crippen LogP contribution is -2.19. The zero-order valence-electron chi connectivity index (χ0n) is 11.4. The molecule has 0 aliphatic carbocycles. The summed E-state index contributed by atoms with van der Waals surface area (Å²) in [5.41, 5.74) is -1.04. The van der Waals surface area contributed by atoms with Crippen LogP contribution in [-0.2, 0) is 0 Å². The molecule has 3 aromatic rings. The minimum atomic E-state index is -2.32. The van der Waals surface area contributed by atoms with Crippen molar-refractivity contribution >= 4 is 33.7 Å². The summed E-state index contributed by atoms with van der Waals surface area (Å²) in [6, 6.07) is 3.56. The van der Waals surface area contributed by atoms with Crippen molar-refractivity contribution in [1.82, 2.24) is 4.98 Å². The third kappa shape index (κ3) is 2.78. The number of hydrogen-bond donors (Lipinski definition) is 1. The number of anilines is 1. The van der Waals surface area contributed by atoms with Crippen molar-refractivity contribution < 1.29 is 26.7 Å². The average molecular weight is 376 g/mol. The molecular formula is C14H5F5N2OS2. The topological polar surface area (TPSA) is 42.0 Å². The van der Waals surface area contributed by atoms with E-state index in [0.717, 1.165) is 16.2 Å². The van der Waals surface area contributed by atoms with Crippen molar-refractivity contribution in [2.24, 2.45) is 0 Å². The quantitative estimate of drug-likeness (QED) is 0.405. The number of benzene rings is 1. The van der Waals surface area contributed by atoms with Gasteiger partial charge in [-0.05, 0) is 11.4 Å². The molecule has 10 heteroatoms. The molecule has 3 rings (SSSR count). The lowest BCUT2D eigenvalue weighted by molar-refractivity contribution is 0.101. The Morgan fingerprint density at radius 1 is 0.958 bits per heavy atom. The Morgan fingerprint density at radius 3 is 2.17 bits per heavy atom. The fourth-order valence-electron chi connectivity index (χ4n) is 1.83. The van der Waals surface area contributed by atoms with Gasteiger partial charge in [-0.3, -0.25) is 10.1 Å². The number of carbonyl (C=O) groups excluding carboxylic acids is 1. The lowest BCUT2D eigenvalue weighted by atomic mass is 10.1. The molecule has 0 saturated carbocycles. The number of hydrogen-bond acceptors (Lipinski definition) is 4. The number of nitrogens with zero attached hydrogens (tertiary/aromatic N) is 1. The van der Waals surface area contributed by atoms with Gasteiger partial charge in [0.25, 0.3) is 5.91 Å². The second-order valence-electron chi connectivity index (χ2n) is 4.41. The minimum absolute atomic E-state index is 0.0349. The van der Waals surface area contributed by atoms with Crippen LogP contribution in [0.2, 0.25) is 0 Å². The van der Waals surface area contributed by atoms with Crippen LogP contribution >= 0.6 is 22.7 Å². The van der Waals surface area contributed by atoms with Crippen molar-refractivity contribution in [3.05, 3.63) is 57.5 Å². The first kappa shape index (κ1) is 16.5. The summed E-state index contributed by atoms with van der Waals surface area (Å²) in [6.45, 7) is 0. The highest BCUT2D eigenvalue weighted by atomic mass is 32.1. The second kappa shape index (κ2) is 6.29. The fraction of sp³-hybridized carbons (Fsp3) is 0. The van der Waals surface area contributed by atoms with Crippen LogP contribution in [0.3, 0.4) is 0 Å². The van der Waals surface area contributed by atoms with Crippen LogP contribution in [0, 0.1) is 29.1 Å². The predicted octanol–water partition coefficient (Wildman–Crippen LogP) is 4.82. The molecule has 2 aromatic heterocycles. The Bertz CT molecular complexity index is 895. The minimum Gasteiger partial charge on any atom is -0.298 e. The summed E-state index contributed by atoms with van der Waals surface area (Å²) < 4.78 is 66.4. The lowest BCUT2D eigenvalue weighted by Gasteiger charge is -2.07. The summed E-state index contributed by atoms with van der Waals surface area (Å²) in [5.74, 6) is -12.6. The van der Waals surface area contributed by atoms with Crippen LogP contribution in [-0.4, -0.2) is 10.9 Å². The van der Waals surface area contributed by atoms with Crippen LogP contribution in [0.5, 0.6) is 0 Å². The van der Waals surface area contributed by atoms with E-state index >= 15 is 0 Å². The van der Waals surface area contributed by atoms with Gasteiger partial charge in [0.15, 0.2) is 28.4 Å². The first-order valence-corrected chi connectivity index (χ1v) is 7.98. The molecule has 24 heavy (non-hydrogen) atoms. The third-order valence-electron chi connectivity index (χ3n) is 2.94. The van der Waals surface area contributed by atoms with Gasteiger partial charge in [-0.2, -0.15) is 0 Å². The van der Waals surface area contributed by atoms with Gasteiger partial charge in [-0.15, -0.1) is 22.7 Å². The van der Waals surface area contributed by atoms with Crippen LogP contribution in [0.4, 0.5) is 27.1 Å². The van der Waals surface area contributed by atoms with Gasteiger partial charge < -0.3 is 0 Å². The molecule has 0 fully saturated rings. The number of thiazole rings is 1. The average Bonchev–Trinajstić information content (AvgIpc) is 3.22. The van der Waals surface area contributed by atoms with E-state index in [2.05, 4.69) is 4.98 Å². The van der Waals surface area contributed by atoms with Gasteiger partial charge in [-0.25, -0.2) is 26.9 Å². The van der Waals surface area contributed by atoms with Gasteiger partial charge in [0.05, 0.1) is 10.6 Å². The van der Waals surface area contributed by atoms with Crippen LogP contribution in [0.1, 0.15) is 10.4 Å². The molecule has 1 aromatic carbocycles. The van der Waals surface area contributed by atoms with Gasteiger partial charge in [0, 0.05) is 5.38 Å². The summed E-state index contributed by atoms with van der Waals surface area (Å²) in [4.78, 5) is 16.7. The van der Waals surface area contributed by atoms with Gasteiger partial charge in [-0.1, -0.05) is 6.07 Å². The van der Waals surface area contributed by atoms with Crippen molar-refractivity contribution in [2.45, 2.75) is 0 Å². The Kier molecular flexibility index (Phi) is 4.33. The largest absolute Gasteiger partial charge is 0.298 e. The number of halogens is 5. The van der Waals surface area contributed by atoms with E-state index in [1.807, 2.05) is 10.7 Å². The molecule has 0 spiro atoms. The van der Waals surface area contributed by atoms with Gasteiger partial charge in [0.2, 0.25) is 5.82 Å². The highest BCUT2D eigenvalue weighted by Crippen LogP contribution is 2.29. The second-order valence-corrected chi connectivity index (χ2v) is 6.22. The van der Waals surface area contributed by atoms with Crippen LogP contribution < -0.4 is 5.32 Å². The van der Waals surface area contributed by atoms with E-state index in [9.17, 15) is 26.7 Å². The monoisotopic (exact) mass is 376 g/mol. The fourth-order valence-corrected chi connectivity index (χ4v) is 3.30. The first-order valence-electron chi connectivity index (χ1n) is 6.22. The number of nitrogens with one attached hydrogen (secondary N) is 1. The maximum absolute atomic E-state index is 13.6. The summed E-state index contributed by atoms with van der Waals surface area (Å²) in [7, 11) is 0. The molecule has 2 heterocycles. The zero-order chi connectivity index (χ0) is 17.4. The SMILES string of the molecule is O=C(Nc1nc(-c2cccs2)cs1)c1c(F)c(F)c(F)c(F)c1F. The van der Waals surface area contributed by atoms with Gasteiger partial charge in [0.1, 0.15) is 5.56 Å². The van der Waals surface area contributed by atoms with Gasteiger partial charge >= 0.3 is 0 Å². The summed E-state index contributed by atoms with van der Waals surface area (Å²) >= 11 is 2.34. The number of amides is 1. The normalized spacial score (nSPS) is 10.9. The molecule has 0 saturated heterocycles. The number of carbonyl (C=O) groups is 1. The Labute approximate surface area is 139 Å². The molecule has 0 aliphatic rings. The van der Waals surface area contributed by atoms with E-state index in [1.165, 1.54) is 11.3 Å². The first-order chi connectivity index (χ1) is 11.4. The molecule has 0 atom stereocenters. The van der Waals surface area contributed by atoms with Crippen molar-refractivity contribution in [3.63, 3.8) is 0 Å². The number of rotatable bonds is 3. The van der Waals surface area contributed by atoms with E-state index in [-0.39, 0.29) is 5.13 Å². The molecular weight excluding hydrogens is 371 g/mol. The smallest absolute Gasteiger partial charge is 0.263 e. The molecule has 0 aliphatic heterocycles. The Morgan fingerprint density at radius 2 is 1.58 bits per heavy atom. The number of thiophene rings is 1.